The summed E-state index contributed by atoms with van der Waals surface area (Å²) in [6.07, 6.45) is 6.47. The molecule has 2 aromatic carbocycles. The highest BCUT2D eigenvalue weighted by Crippen LogP contribution is 2.28. The summed E-state index contributed by atoms with van der Waals surface area (Å²) in [5, 5.41) is 9.53. The summed E-state index contributed by atoms with van der Waals surface area (Å²) in [5.74, 6) is 0.344. The van der Waals surface area contributed by atoms with Crippen molar-refractivity contribution in [1.29, 1.82) is 0 Å². The van der Waals surface area contributed by atoms with Gasteiger partial charge < -0.3 is 5.11 Å². The molecule has 2 aromatic rings. The van der Waals surface area contributed by atoms with Gasteiger partial charge in [-0.05, 0) is 54.7 Å². The predicted molar refractivity (Wildman–Crippen MR) is 89.4 cm³/mol. The van der Waals surface area contributed by atoms with Crippen molar-refractivity contribution >= 4 is 17.9 Å². The quantitative estimate of drug-likeness (QED) is 0.820. The molecule has 0 saturated heterocycles. The second kappa shape index (κ2) is 6.44. The lowest BCUT2D eigenvalue weighted by atomic mass is 9.87. The van der Waals surface area contributed by atoms with Crippen molar-refractivity contribution in [3.63, 3.8) is 0 Å². The van der Waals surface area contributed by atoms with Gasteiger partial charge in [-0.1, -0.05) is 42.5 Å². The molecule has 3 rings (SSSR count). The SMILES string of the molecule is O=C1/C(=C/c2ccccc2)CCC/C1=C\c1cccc(O)c1. The molecule has 0 spiro atoms. The van der Waals surface area contributed by atoms with E-state index in [-0.39, 0.29) is 11.5 Å². The highest BCUT2D eigenvalue weighted by Gasteiger charge is 2.20. The number of aromatic hydroxyl groups is 1. The molecular weight excluding hydrogens is 272 g/mol. The van der Waals surface area contributed by atoms with Gasteiger partial charge in [0.25, 0.3) is 0 Å². The zero-order valence-corrected chi connectivity index (χ0v) is 12.3. The number of carbonyl (C=O) groups is 1. The van der Waals surface area contributed by atoms with Crippen molar-refractivity contribution in [2.24, 2.45) is 0 Å². The molecule has 0 bridgehead atoms. The number of phenols is 1. The van der Waals surface area contributed by atoms with E-state index in [0.29, 0.717) is 0 Å². The minimum atomic E-state index is 0.124. The second-order valence-electron chi connectivity index (χ2n) is 5.53. The molecule has 0 heterocycles. The van der Waals surface area contributed by atoms with E-state index in [1.165, 1.54) is 0 Å². The molecule has 110 valence electrons. The smallest absolute Gasteiger partial charge is 0.185 e. The first-order valence-electron chi connectivity index (χ1n) is 7.52. The van der Waals surface area contributed by atoms with E-state index < -0.39 is 0 Å². The summed E-state index contributed by atoms with van der Waals surface area (Å²) in [7, 11) is 0. The van der Waals surface area contributed by atoms with Crippen molar-refractivity contribution in [3.05, 3.63) is 76.9 Å². The molecule has 0 aromatic heterocycles. The fourth-order valence-electron chi connectivity index (χ4n) is 2.74. The third-order valence-corrected chi connectivity index (χ3v) is 3.83. The zero-order valence-electron chi connectivity index (χ0n) is 12.3. The number of allylic oxidation sites excluding steroid dienone is 2. The second-order valence-corrected chi connectivity index (χ2v) is 5.53. The highest BCUT2D eigenvalue weighted by atomic mass is 16.3. The molecule has 2 nitrogen and oxygen atoms in total. The molecule has 1 fully saturated rings. The lowest BCUT2D eigenvalue weighted by Crippen LogP contribution is -2.12. The number of benzene rings is 2. The number of ketones is 1. The number of hydrogen-bond acceptors (Lipinski definition) is 2. The van der Waals surface area contributed by atoms with Crippen LogP contribution in [0.5, 0.6) is 5.75 Å². The molecule has 0 aliphatic heterocycles. The van der Waals surface area contributed by atoms with Crippen LogP contribution in [0.15, 0.2) is 65.7 Å². The summed E-state index contributed by atoms with van der Waals surface area (Å²) < 4.78 is 0. The van der Waals surface area contributed by atoms with Gasteiger partial charge in [0.05, 0.1) is 0 Å². The van der Waals surface area contributed by atoms with Crippen LogP contribution in [0.25, 0.3) is 12.2 Å². The van der Waals surface area contributed by atoms with Crippen LogP contribution in [0, 0.1) is 0 Å². The molecule has 0 atom stereocenters. The maximum absolute atomic E-state index is 12.6. The van der Waals surface area contributed by atoms with Crippen molar-refractivity contribution in [2.45, 2.75) is 19.3 Å². The monoisotopic (exact) mass is 290 g/mol. The Labute approximate surface area is 130 Å². The number of hydrogen-bond donors (Lipinski definition) is 1. The van der Waals surface area contributed by atoms with Gasteiger partial charge in [0, 0.05) is 11.1 Å². The van der Waals surface area contributed by atoms with Crippen LogP contribution in [0.3, 0.4) is 0 Å². The highest BCUT2D eigenvalue weighted by molar-refractivity contribution is 6.13. The van der Waals surface area contributed by atoms with E-state index >= 15 is 0 Å². The fraction of sp³-hybridized carbons (Fsp3) is 0.150. The van der Waals surface area contributed by atoms with Crippen molar-refractivity contribution in [3.8, 4) is 5.75 Å². The zero-order chi connectivity index (χ0) is 15.4. The molecule has 1 aliphatic carbocycles. The van der Waals surface area contributed by atoms with Crippen LogP contribution in [0.1, 0.15) is 30.4 Å². The van der Waals surface area contributed by atoms with Crippen LogP contribution < -0.4 is 0 Å². The van der Waals surface area contributed by atoms with Gasteiger partial charge in [-0.3, -0.25) is 4.79 Å². The summed E-state index contributed by atoms with van der Waals surface area (Å²) in [4.78, 5) is 12.6. The number of rotatable bonds is 2. The van der Waals surface area contributed by atoms with Crippen LogP contribution in [-0.2, 0) is 4.79 Å². The van der Waals surface area contributed by atoms with Crippen LogP contribution in [-0.4, -0.2) is 10.9 Å². The molecule has 1 aliphatic rings. The minimum absolute atomic E-state index is 0.124. The van der Waals surface area contributed by atoms with Gasteiger partial charge in [0.2, 0.25) is 0 Å². The minimum Gasteiger partial charge on any atom is -0.508 e. The lowest BCUT2D eigenvalue weighted by Gasteiger charge is -2.16. The van der Waals surface area contributed by atoms with E-state index in [9.17, 15) is 9.90 Å². The molecule has 22 heavy (non-hydrogen) atoms. The van der Waals surface area contributed by atoms with Crippen molar-refractivity contribution < 1.29 is 9.90 Å². The Hall–Kier alpha value is -2.61. The Kier molecular flexibility index (Phi) is 4.19. The standard InChI is InChI=1S/C20H18O2/c21-19-11-4-8-16(14-19)13-18-10-5-9-17(20(18)22)12-15-6-2-1-3-7-15/h1-4,6-8,11-14,21H,5,9-10H2/b17-12+,18-13+. The molecule has 1 saturated carbocycles. The Balaban J connectivity index is 1.88. The van der Waals surface area contributed by atoms with Crippen LogP contribution >= 0.6 is 0 Å². The maximum atomic E-state index is 12.6. The van der Waals surface area contributed by atoms with E-state index in [1.54, 1.807) is 18.2 Å². The summed E-state index contributed by atoms with van der Waals surface area (Å²) in [5.41, 5.74) is 3.61. The van der Waals surface area contributed by atoms with Gasteiger partial charge in [-0.15, -0.1) is 0 Å². The number of phenolic OH excluding ortho intramolecular Hbond substituents is 1. The van der Waals surface area contributed by atoms with E-state index in [4.69, 9.17) is 0 Å². The topological polar surface area (TPSA) is 37.3 Å². The molecular formula is C20H18O2. The third-order valence-electron chi connectivity index (χ3n) is 3.83. The Morgan fingerprint density at radius 1 is 0.818 bits per heavy atom. The Morgan fingerprint density at radius 2 is 1.45 bits per heavy atom. The van der Waals surface area contributed by atoms with Gasteiger partial charge in [-0.2, -0.15) is 0 Å². The normalized spacial score (nSPS) is 18.8. The average Bonchev–Trinajstić information content (AvgIpc) is 2.52. The molecule has 0 amide bonds. The third kappa shape index (κ3) is 3.34. The van der Waals surface area contributed by atoms with Crippen LogP contribution in [0.4, 0.5) is 0 Å². The first-order chi connectivity index (χ1) is 10.7. The van der Waals surface area contributed by atoms with Gasteiger partial charge in [0.15, 0.2) is 5.78 Å². The Morgan fingerprint density at radius 3 is 2.14 bits per heavy atom. The van der Waals surface area contributed by atoms with E-state index in [0.717, 1.165) is 41.5 Å². The average molecular weight is 290 g/mol. The number of Topliss-reactive ketones (excluding diaryl/α,β-unsaturated/α-hetero) is 1. The fourth-order valence-corrected chi connectivity index (χ4v) is 2.74. The first kappa shape index (κ1) is 14.3. The van der Waals surface area contributed by atoms with Gasteiger partial charge in [-0.25, -0.2) is 0 Å². The van der Waals surface area contributed by atoms with Crippen LogP contribution in [0.2, 0.25) is 0 Å². The van der Waals surface area contributed by atoms with Crippen molar-refractivity contribution in [1.82, 2.24) is 0 Å². The largest absolute Gasteiger partial charge is 0.508 e. The van der Waals surface area contributed by atoms with Gasteiger partial charge >= 0.3 is 0 Å². The molecule has 1 N–H and O–H groups in total. The molecule has 2 heteroatoms. The molecule has 0 unspecified atom stereocenters. The van der Waals surface area contributed by atoms with Gasteiger partial charge in [0.1, 0.15) is 5.75 Å². The lowest BCUT2D eigenvalue weighted by molar-refractivity contribution is -0.112. The van der Waals surface area contributed by atoms with E-state index in [2.05, 4.69) is 0 Å². The Bertz CT molecular complexity index is 739. The first-order valence-corrected chi connectivity index (χ1v) is 7.52. The summed E-state index contributed by atoms with van der Waals surface area (Å²) >= 11 is 0. The van der Waals surface area contributed by atoms with Crippen molar-refractivity contribution in [2.75, 3.05) is 0 Å². The predicted octanol–water partition coefficient (Wildman–Crippen LogP) is 4.61. The summed E-state index contributed by atoms with van der Waals surface area (Å²) in [6, 6.07) is 16.9. The number of carbonyl (C=O) groups excluding carboxylic acids is 1. The maximum Gasteiger partial charge on any atom is 0.185 e. The summed E-state index contributed by atoms with van der Waals surface area (Å²) in [6.45, 7) is 0. The molecule has 0 radical (unpaired) electrons. The van der Waals surface area contributed by atoms with E-state index in [1.807, 2.05) is 48.6 Å².